The third-order valence-electron chi connectivity index (χ3n) is 2.82. The Morgan fingerprint density at radius 2 is 2.00 bits per heavy atom. The summed E-state index contributed by atoms with van der Waals surface area (Å²) in [5.41, 5.74) is 7.00. The molecule has 6 nitrogen and oxygen atoms in total. The quantitative estimate of drug-likeness (QED) is 0.794. The first kappa shape index (κ1) is 13.2. The fraction of sp³-hybridized carbons (Fsp3) is 0.143. The Kier molecular flexibility index (Phi) is 3.31. The molecule has 0 unspecified atom stereocenters. The van der Waals surface area contributed by atoms with Gasteiger partial charge >= 0.3 is 0 Å². The zero-order valence-corrected chi connectivity index (χ0v) is 11.2. The number of hydrogen-bond donors (Lipinski definition) is 1. The summed E-state index contributed by atoms with van der Waals surface area (Å²) in [5, 5.41) is 0. The van der Waals surface area contributed by atoms with Crippen molar-refractivity contribution >= 4 is 17.1 Å². The van der Waals surface area contributed by atoms with E-state index in [4.69, 9.17) is 10.5 Å². The van der Waals surface area contributed by atoms with Gasteiger partial charge in [0.2, 0.25) is 11.8 Å². The van der Waals surface area contributed by atoms with Crippen molar-refractivity contribution in [1.29, 1.82) is 0 Å². The zero-order valence-electron chi connectivity index (χ0n) is 11.2. The van der Waals surface area contributed by atoms with Crippen LogP contribution in [0.15, 0.2) is 30.5 Å². The van der Waals surface area contributed by atoms with Crippen LogP contribution < -0.4 is 10.5 Å². The van der Waals surface area contributed by atoms with E-state index in [1.165, 1.54) is 12.3 Å². The van der Waals surface area contributed by atoms with Gasteiger partial charge in [0.25, 0.3) is 0 Å². The largest absolute Gasteiger partial charge is 0.476 e. The van der Waals surface area contributed by atoms with Crippen molar-refractivity contribution in [3.05, 3.63) is 36.3 Å². The fourth-order valence-corrected chi connectivity index (χ4v) is 1.93. The second-order valence-corrected chi connectivity index (χ2v) is 4.23. The van der Waals surface area contributed by atoms with Gasteiger partial charge in [0.15, 0.2) is 11.2 Å². The molecular formula is C14H12FN5O. The molecule has 2 heterocycles. The Labute approximate surface area is 119 Å². The zero-order chi connectivity index (χ0) is 14.8. The third kappa shape index (κ3) is 2.45. The Hall–Kier alpha value is -2.83. The molecule has 2 N–H and O–H groups in total. The lowest BCUT2D eigenvalue weighted by Crippen LogP contribution is -2.04. The third-order valence-corrected chi connectivity index (χ3v) is 2.82. The van der Waals surface area contributed by atoms with E-state index in [1.54, 1.807) is 18.2 Å². The van der Waals surface area contributed by atoms with Crippen LogP contribution in [-0.2, 0) is 0 Å². The van der Waals surface area contributed by atoms with Crippen molar-refractivity contribution < 1.29 is 9.13 Å². The van der Waals surface area contributed by atoms with E-state index in [1.807, 2.05) is 6.92 Å². The summed E-state index contributed by atoms with van der Waals surface area (Å²) in [6, 6.07) is 6.34. The average Bonchev–Trinajstić information content (AvgIpc) is 2.48. The van der Waals surface area contributed by atoms with Crippen molar-refractivity contribution in [1.82, 2.24) is 19.9 Å². The van der Waals surface area contributed by atoms with Gasteiger partial charge in [-0.2, -0.15) is 9.97 Å². The number of halogens is 1. The Morgan fingerprint density at radius 1 is 1.19 bits per heavy atom. The molecule has 0 saturated carbocycles. The van der Waals surface area contributed by atoms with Crippen LogP contribution in [0.25, 0.3) is 22.4 Å². The molecule has 7 heteroatoms. The van der Waals surface area contributed by atoms with Gasteiger partial charge in [-0.1, -0.05) is 12.1 Å². The van der Waals surface area contributed by atoms with Gasteiger partial charge in [0.1, 0.15) is 5.82 Å². The van der Waals surface area contributed by atoms with E-state index in [0.29, 0.717) is 29.0 Å². The molecule has 106 valence electrons. The summed E-state index contributed by atoms with van der Waals surface area (Å²) in [6.45, 7) is 2.22. The second kappa shape index (κ2) is 5.28. The number of nitrogens with two attached hydrogens (primary N) is 1. The minimum atomic E-state index is -0.375. The van der Waals surface area contributed by atoms with E-state index in [9.17, 15) is 4.39 Å². The van der Waals surface area contributed by atoms with Crippen molar-refractivity contribution in [2.24, 2.45) is 0 Å². The summed E-state index contributed by atoms with van der Waals surface area (Å²) in [7, 11) is 0. The van der Waals surface area contributed by atoms with Crippen molar-refractivity contribution in [3.63, 3.8) is 0 Å². The molecule has 21 heavy (non-hydrogen) atoms. The van der Waals surface area contributed by atoms with E-state index >= 15 is 0 Å². The molecule has 0 aliphatic rings. The highest BCUT2D eigenvalue weighted by molar-refractivity contribution is 5.79. The molecule has 1 aromatic carbocycles. The molecule has 0 saturated heterocycles. The maximum Gasteiger partial charge on any atom is 0.247 e. The summed E-state index contributed by atoms with van der Waals surface area (Å²) in [6.07, 6.45) is 1.45. The van der Waals surface area contributed by atoms with Crippen LogP contribution in [0.1, 0.15) is 6.92 Å². The van der Waals surface area contributed by atoms with Crippen LogP contribution in [0.5, 0.6) is 5.88 Å². The molecule has 0 radical (unpaired) electrons. The first-order chi connectivity index (χ1) is 10.2. The first-order valence-corrected chi connectivity index (χ1v) is 6.37. The highest BCUT2D eigenvalue weighted by atomic mass is 19.1. The molecule has 3 rings (SSSR count). The van der Waals surface area contributed by atoms with Crippen LogP contribution >= 0.6 is 0 Å². The Morgan fingerprint density at radius 3 is 2.76 bits per heavy atom. The lowest BCUT2D eigenvalue weighted by atomic mass is 10.1. The number of hydrogen-bond acceptors (Lipinski definition) is 6. The maximum absolute atomic E-state index is 13.8. The first-order valence-electron chi connectivity index (χ1n) is 6.37. The van der Waals surface area contributed by atoms with Gasteiger partial charge in [-0.15, -0.1) is 0 Å². The van der Waals surface area contributed by atoms with Gasteiger partial charge in [-0.05, 0) is 19.1 Å². The van der Waals surface area contributed by atoms with E-state index in [0.717, 1.165) is 0 Å². The molecule has 2 aromatic heterocycles. The Balaban J connectivity index is 2.22. The molecule has 3 aromatic rings. The van der Waals surface area contributed by atoms with Crippen LogP contribution in [-0.4, -0.2) is 26.5 Å². The van der Waals surface area contributed by atoms with Crippen molar-refractivity contribution in [3.8, 4) is 17.1 Å². The number of fused-ring (bicyclic) bond motifs is 1. The van der Waals surface area contributed by atoms with Gasteiger partial charge < -0.3 is 10.5 Å². The molecule has 0 atom stereocenters. The minimum Gasteiger partial charge on any atom is -0.476 e. The monoisotopic (exact) mass is 285 g/mol. The van der Waals surface area contributed by atoms with Gasteiger partial charge in [0.05, 0.1) is 18.5 Å². The predicted molar refractivity (Wildman–Crippen MR) is 76.1 cm³/mol. The number of rotatable bonds is 3. The molecule has 0 fully saturated rings. The standard InChI is InChI=1S/C14H12FN5O/c1-2-21-13-11-12(19-14(16)20-13)17-7-10(18-11)8-5-3-4-6-9(8)15/h3-7H,2H2,1H3,(H2,16,17,19,20). The topological polar surface area (TPSA) is 86.8 Å². The van der Waals surface area contributed by atoms with Crippen molar-refractivity contribution in [2.75, 3.05) is 12.3 Å². The number of anilines is 1. The summed E-state index contributed by atoms with van der Waals surface area (Å²) < 4.78 is 19.2. The highest BCUT2D eigenvalue weighted by Gasteiger charge is 2.13. The molecule has 0 bridgehead atoms. The van der Waals surface area contributed by atoms with Crippen LogP contribution in [0.4, 0.5) is 10.3 Å². The number of aromatic nitrogens is 4. The van der Waals surface area contributed by atoms with E-state index < -0.39 is 0 Å². The van der Waals surface area contributed by atoms with Gasteiger partial charge in [-0.25, -0.2) is 14.4 Å². The summed E-state index contributed by atoms with van der Waals surface area (Å²) >= 11 is 0. The summed E-state index contributed by atoms with van der Waals surface area (Å²) in [5.74, 6) is -0.0787. The van der Waals surface area contributed by atoms with E-state index in [-0.39, 0.29) is 17.6 Å². The van der Waals surface area contributed by atoms with Crippen molar-refractivity contribution in [2.45, 2.75) is 6.92 Å². The Bertz CT molecular complexity index is 808. The number of benzene rings is 1. The normalized spacial score (nSPS) is 10.8. The molecule has 0 spiro atoms. The molecule has 0 aliphatic carbocycles. The minimum absolute atomic E-state index is 0.0545. The lowest BCUT2D eigenvalue weighted by molar-refractivity contribution is 0.330. The molecular weight excluding hydrogens is 273 g/mol. The summed E-state index contributed by atoms with van der Waals surface area (Å²) in [4.78, 5) is 16.5. The van der Waals surface area contributed by atoms with Crippen LogP contribution in [0, 0.1) is 5.82 Å². The second-order valence-electron chi connectivity index (χ2n) is 4.23. The molecule has 0 amide bonds. The molecule has 0 aliphatic heterocycles. The lowest BCUT2D eigenvalue weighted by Gasteiger charge is -2.07. The smallest absolute Gasteiger partial charge is 0.247 e. The number of nitrogens with zero attached hydrogens (tertiary/aromatic N) is 4. The fourth-order valence-electron chi connectivity index (χ4n) is 1.93. The number of ether oxygens (including phenoxy) is 1. The maximum atomic E-state index is 13.8. The highest BCUT2D eigenvalue weighted by Crippen LogP contribution is 2.25. The van der Waals surface area contributed by atoms with Crippen LogP contribution in [0.3, 0.4) is 0 Å². The van der Waals surface area contributed by atoms with E-state index in [2.05, 4.69) is 19.9 Å². The predicted octanol–water partition coefficient (Wildman–Crippen LogP) is 2.21. The van der Waals surface area contributed by atoms with Gasteiger partial charge in [-0.3, -0.25) is 0 Å². The SMILES string of the molecule is CCOc1nc(N)nc2ncc(-c3ccccc3F)nc12. The van der Waals surface area contributed by atoms with Crippen LogP contribution in [0.2, 0.25) is 0 Å². The van der Waals surface area contributed by atoms with Gasteiger partial charge in [0, 0.05) is 5.56 Å². The number of nitrogen functional groups attached to an aromatic ring is 1. The average molecular weight is 285 g/mol.